The summed E-state index contributed by atoms with van der Waals surface area (Å²) in [7, 11) is 0. The molecule has 0 amide bonds. The Balaban J connectivity index is 1.78. The molecule has 4 heteroatoms. The second-order valence-corrected chi connectivity index (χ2v) is 8.50. The van der Waals surface area contributed by atoms with Crippen LogP contribution in [-0.2, 0) is 14.3 Å². The fraction of sp³-hybridized carbons (Fsp3) is 0.944. The van der Waals surface area contributed by atoms with Gasteiger partial charge in [0.1, 0.15) is 6.61 Å². The molecule has 3 fully saturated rings. The molecule has 4 atom stereocenters. The minimum Gasteiger partial charge on any atom is -0.463 e. The number of ether oxygens (including phenoxy) is 2. The van der Waals surface area contributed by atoms with Gasteiger partial charge < -0.3 is 14.6 Å². The van der Waals surface area contributed by atoms with Crippen LogP contribution in [0.4, 0.5) is 0 Å². The quantitative estimate of drug-likeness (QED) is 0.604. The van der Waals surface area contributed by atoms with E-state index in [0.717, 1.165) is 19.3 Å². The topological polar surface area (TPSA) is 55.8 Å². The largest absolute Gasteiger partial charge is 0.463 e. The summed E-state index contributed by atoms with van der Waals surface area (Å²) < 4.78 is 11.2. The van der Waals surface area contributed by atoms with Crippen LogP contribution < -0.4 is 0 Å². The molecule has 0 aliphatic heterocycles. The summed E-state index contributed by atoms with van der Waals surface area (Å²) >= 11 is 0. The lowest BCUT2D eigenvalue weighted by Crippen LogP contribution is -2.67. The first-order valence-electron chi connectivity index (χ1n) is 8.54. The minimum absolute atomic E-state index is 0.151. The van der Waals surface area contributed by atoms with Gasteiger partial charge in [-0.05, 0) is 57.3 Å². The highest BCUT2D eigenvalue weighted by Crippen LogP contribution is 2.63. The number of hydrogen-bond donors (Lipinski definition) is 1. The third-order valence-electron chi connectivity index (χ3n) is 6.40. The van der Waals surface area contributed by atoms with Gasteiger partial charge in [-0.1, -0.05) is 20.8 Å². The van der Waals surface area contributed by atoms with Gasteiger partial charge in [-0.25, -0.2) is 0 Å². The molecule has 0 spiro atoms. The van der Waals surface area contributed by atoms with Crippen LogP contribution in [-0.4, -0.2) is 36.0 Å². The van der Waals surface area contributed by atoms with Gasteiger partial charge in [0.15, 0.2) is 0 Å². The van der Waals surface area contributed by atoms with Gasteiger partial charge in [-0.2, -0.15) is 0 Å². The van der Waals surface area contributed by atoms with Crippen molar-refractivity contribution < 1.29 is 19.4 Å². The maximum Gasteiger partial charge on any atom is 0.311 e. The lowest BCUT2D eigenvalue weighted by molar-refractivity contribution is -0.258. The second-order valence-electron chi connectivity index (χ2n) is 8.50. The van der Waals surface area contributed by atoms with Crippen LogP contribution in [0.15, 0.2) is 0 Å². The van der Waals surface area contributed by atoms with E-state index in [1.807, 2.05) is 27.7 Å². The van der Waals surface area contributed by atoms with Gasteiger partial charge in [-0.3, -0.25) is 4.79 Å². The normalized spacial score (nSPS) is 36.6. The van der Waals surface area contributed by atoms with Crippen molar-refractivity contribution in [2.75, 3.05) is 13.2 Å². The first-order valence-corrected chi connectivity index (χ1v) is 8.54. The highest BCUT2D eigenvalue weighted by molar-refractivity contribution is 5.75. The zero-order valence-electron chi connectivity index (χ0n) is 14.9. The summed E-state index contributed by atoms with van der Waals surface area (Å²) in [5.74, 6) is 0.743. The number of carbonyl (C=O) groups excluding carboxylic acids is 1. The SMILES string of the molecule is CCC(C)(C)C(=O)OCCOC1C[C@H]2C[C@H](C2(C)C)[C@]1(C)O. The molecule has 22 heavy (non-hydrogen) atoms. The van der Waals surface area contributed by atoms with Gasteiger partial charge in [0.05, 0.1) is 23.7 Å². The number of aliphatic hydroxyl groups is 1. The fourth-order valence-electron chi connectivity index (χ4n) is 4.03. The van der Waals surface area contributed by atoms with Crippen molar-refractivity contribution in [1.82, 2.24) is 0 Å². The molecule has 0 aromatic heterocycles. The van der Waals surface area contributed by atoms with E-state index in [2.05, 4.69) is 13.8 Å². The highest BCUT2D eigenvalue weighted by Gasteiger charge is 2.63. The Kier molecular flexibility index (Phi) is 4.67. The monoisotopic (exact) mass is 312 g/mol. The smallest absolute Gasteiger partial charge is 0.311 e. The Morgan fingerprint density at radius 2 is 1.86 bits per heavy atom. The van der Waals surface area contributed by atoms with E-state index < -0.39 is 11.0 Å². The van der Waals surface area contributed by atoms with Crippen LogP contribution in [0.1, 0.15) is 60.8 Å². The Morgan fingerprint density at radius 1 is 1.23 bits per heavy atom. The third-order valence-corrected chi connectivity index (χ3v) is 6.40. The summed E-state index contributed by atoms with van der Waals surface area (Å²) in [5, 5.41) is 10.8. The second kappa shape index (κ2) is 5.79. The van der Waals surface area contributed by atoms with Crippen LogP contribution >= 0.6 is 0 Å². The number of rotatable bonds is 6. The molecule has 1 N–H and O–H groups in total. The van der Waals surface area contributed by atoms with E-state index in [0.29, 0.717) is 18.4 Å². The van der Waals surface area contributed by atoms with Crippen molar-refractivity contribution in [2.45, 2.75) is 72.5 Å². The molecule has 3 aliphatic rings. The molecule has 3 aliphatic carbocycles. The molecule has 2 bridgehead atoms. The maximum atomic E-state index is 11.9. The van der Waals surface area contributed by atoms with Gasteiger partial charge in [0, 0.05) is 0 Å². The Labute approximate surface area is 134 Å². The third kappa shape index (κ3) is 2.92. The maximum absolute atomic E-state index is 11.9. The predicted molar refractivity (Wildman–Crippen MR) is 85.4 cm³/mol. The molecular formula is C18H32O4. The van der Waals surface area contributed by atoms with Crippen molar-refractivity contribution in [2.24, 2.45) is 22.7 Å². The van der Waals surface area contributed by atoms with Crippen LogP contribution in [0.5, 0.6) is 0 Å². The average Bonchev–Trinajstić information content (AvgIpc) is 2.43. The molecule has 0 aromatic carbocycles. The molecule has 4 nitrogen and oxygen atoms in total. The minimum atomic E-state index is -0.787. The molecule has 0 saturated heterocycles. The Bertz CT molecular complexity index is 425. The zero-order chi connectivity index (χ0) is 16.8. The lowest BCUT2D eigenvalue weighted by Gasteiger charge is -2.64. The summed E-state index contributed by atoms with van der Waals surface area (Å²) in [6.45, 7) is 12.7. The van der Waals surface area contributed by atoms with Crippen molar-refractivity contribution in [1.29, 1.82) is 0 Å². The van der Waals surface area contributed by atoms with Gasteiger partial charge in [0.2, 0.25) is 0 Å². The first kappa shape index (κ1) is 17.7. The lowest BCUT2D eigenvalue weighted by atomic mass is 9.43. The predicted octanol–water partition coefficient (Wildman–Crippen LogP) is 3.17. The number of fused-ring (bicyclic) bond motifs is 2. The van der Waals surface area contributed by atoms with Crippen LogP contribution in [0.2, 0.25) is 0 Å². The molecule has 0 heterocycles. The van der Waals surface area contributed by atoms with Gasteiger partial charge >= 0.3 is 5.97 Å². The van der Waals surface area contributed by atoms with E-state index in [9.17, 15) is 9.90 Å². The number of carbonyl (C=O) groups is 1. The summed E-state index contributed by atoms with van der Waals surface area (Å²) in [4.78, 5) is 11.9. The standard InChI is InChI=1S/C18H32O4/c1-7-16(2,3)15(19)22-9-8-21-14-11-12-10-13(17(12,4)5)18(14,6)20/h12-14,20H,7-11H2,1-6H3/t12-,13-,14?,18+/m1/s1. The molecule has 1 unspecified atom stereocenters. The van der Waals surface area contributed by atoms with Gasteiger partial charge in [-0.15, -0.1) is 0 Å². The Hall–Kier alpha value is -0.610. The van der Waals surface area contributed by atoms with E-state index >= 15 is 0 Å². The molecule has 3 rings (SSSR count). The summed E-state index contributed by atoms with van der Waals surface area (Å²) in [5.41, 5.74) is -1.02. The molecule has 0 radical (unpaired) electrons. The van der Waals surface area contributed by atoms with Crippen molar-refractivity contribution >= 4 is 5.97 Å². The summed E-state index contributed by atoms with van der Waals surface area (Å²) in [6, 6.07) is 0. The zero-order valence-corrected chi connectivity index (χ0v) is 14.9. The van der Waals surface area contributed by atoms with Crippen LogP contribution in [0, 0.1) is 22.7 Å². The van der Waals surface area contributed by atoms with E-state index in [1.165, 1.54) is 0 Å². The van der Waals surface area contributed by atoms with Crippen molar-refractivity contribution in [3.05, 3.63) is 0 Å². The van der Waals surface area contributed by atoms with Gasteiger partial charge in [0.25, 0.3) is 0 Å². The van der Waals surface area contributed by atoms with Crippen LogP contribution in [0.3, 0.4) is 0 Å². The van der Waals surface area contributed by atoms with Crippen molar-refractivity contribution in [3.8, 4) is 0 Å². The van der Waals surface area contributed by atoms with E-state index in [4.69, 9.17) is 9.47 Å². The molecule has 0 aromatic rings. The molecule has 3 saturated carbocycles. The van der Waals surface area contributed by atoms with Crippen molar-refractivity contribution in [3.63, 3.8) is 0 Å². The fourth-order valence-corrected chi connectivity index (χ4v) is 4.03. The number of hydrogen-bond acceptors (Lipinski definition) is 4. The summed E-state index contributed by atoms with van der Waals surface area (Å²) in [6.07, 6.45) is 2.59. The molecule has 128 valence electrons. The van der Waals surface area contributed by atoms with Crippen LogP contribution in [0.25, 0.3) is 0 Å². The van der Waals surface area contributed by atoms with E-state index in [-0.39, 0.29) is 24.1 Å². The Morgan fingerprint density at radius 3 is 2.36 bits per heavy atom. The number of esters is 1. The average molecular weight is 312 g/mol. The highest BCUT2D eigenvalue weighted by atomic mass is 16.6. The first-order chi connectivity index (χ1) is 10.0. The van der Waals surface area contributed by atoms with E-state index in [1.54, 1.807) is 0 Å². The molecular weight excluding hydrogens is 280 g/mol.